The molecule has 5 nitrogen and oxygen atoms in total. The Bertz CT molecular complexity index is 1100. The van der Waals surface area contributed by atoms with E-state index < -0.39 is 5.54 Å². The van der Waals surface area contributed by atoms with Crippen molar-refractivity contribution in [3.8, 4) is 11.3 Å². The molecule has 4 rings (SSSR count). The van der Waals surface area contributed by atoms with Crippen molar-refractivity contribution in [1.29, 1.82) is 0 Å². The van der Waals surface area contributed by atoms with Gasteiger partial charge in [0, 0.05) is 17.7 Å². The average molecular weight is 377 g/mol. The maximum atomic E-state index is 13.1. The van der Waals surface area contributed by atoms with Crippen molar-refractivity contribution in [2.75, 3.05) is 6.61 Å². The quantitative estimate of drug-likeness (QED) is 0.747. The van der Waals surface area contributed by atoms with E-state index in [1.54, 1.807) is 25.1 Å². The van der Waals surface area contributed by atoms with Crippen molar-refractivity contribution < 1.29 is 13.9 Å². The van der Waals surface area contributed by atoms with Gasteiger partial charge in [-0.1, -0.05) is 36.4 Å². The number of hydrogen-bond donors (Lipinski definition) is 1. The van der Waals surface area contributed by atoms with Crippen LogP contribution in [0.25, 0.3) is 22.3 Å². The molecule has 1 aromatic heterocycles. The summed E-state index contributed by atoms with van der Waals surface area (Å²) in [5, 5.41) is 3.49. The van der Waals surface area contributed by atoms with Gasteiger partial charge in [-0.3, -0.25) is 9.59 Å². The van der Waals surface area contributed by atoms with Crippen molar-refractivity contribution in [2.45, 2.75) is 38.8 Å². The van der Waals surface area contributed by atoms with Crippen molar-refractivity contribution in [3.05, 3.63) is 69.9 Å². The molecule has 1 N–H and O–H groups in total. The van der Waals surface area contributed by atoms with Crippen LogP contribution in [-0.2, 0) is 4.74 Å². The van der Waals surface area contributed by atoms with Crippen LogP contribution in [0, 0.1) is 6.92 Å². The van der Waals surface area contributed by atoms with Gasteiger partial charge in [-0.05, 0) is 39.3 Å². The van der Waals surface area contributed by atoms with Crippen LogP contribution in [-0.4, -0.2) is 24.2 Å². The van der Waals surface area contributed by atoms with Gasteiger partial charge in [0.05, 0.1) is 22.6 Å². The van der Waals surface area contributed by atoms with E-state index >= 15 is 0 Å². The summed E-state index contributed by atoms with van der Waals surface area (Å²) in [5.74, 6) is 0.221. The van der Waals surface area contributed by atoms with Crippen molar-refractivity contribution >= 4 is 16.9 Å². The third kappa shape index (κ3) is 3.02. The minimum atomic E-state index is -0.452. The number of fused-ring (bicyclic) bond motifs is 1. The second-order valence-corrected chi connectivity index (χ2v) is 7.57. The fraction of sp³-hybridized carbons (Fsp3) is 0.304. The molecule has 1 aliphatic rings. The fourth-order valence-electron chi connectivity index (χ4n) is 3.68. The van der Waals surface area contributed by atoms with Gasteiger partial charge in [-0.2, -0.15) is 0 Å². The Morgan fingerprint density at radius 2 is 1.89 bits per heavy atom. The van der Waals surface area contributed by atoms with E-state index in [-0.39, 0.29) is 17.4 Å². The molecule has 2 atom stereocenters. The van der Waals surface area contributed by atoms with E-state index in [1.165, 1.54) is 0 Å². The van der Waals surface area contributed by atoms with Crippen molar-refractivity contribution in [2.24, 2.45) is 0 Å². The second kappa shape index (κ2) is 6.91. The third-order valence-electron chi connectivity index (χ3n) is 5.71. The molecule has 0 saturated carbocycles. The Kier molecular flexibility index (Phi) is 4.55. The molecule has 1 saturated heterocycles. The van der Waals surface area contributed by atoms with Crippen LogP contribution >= 0.6 is 0 Å². The molecule has 1 fully saturated rings. The number of benzene rings is 2. The smallest absolute Gasteiger partial charge is 0.255 e. The fourth-order valence-corrected chi connectivity index (χ4v) is 3.68. The van der Waals surface area contributed by atoms with Gasteiger partial charge >= 0.3 is 0 Å². The molecule has 5 heteroatoms. The lowest BCUT2D eigenvalue weighted by Crippen LogP contribution is -2.50. The minimum Gasteiger partial charge on any atom is -0.455 e. The topological polar surface area (TPSA) is 68.5 Å². The summed E-state index contributed by atoms with van der Waals surface area (Å²) in [4.78, 5) is 26.0. The molecular formula is C23H23NO4. The number of para-hydroxylation sites is 1. The molecule has 1 aliphatic heterocycles. The highest BCUT2D eigenvalue weighted by molar-refractivity contribution is 6.05. The molecule has 0 bridgehead atoms. The molecule has 0 spiro atoms. The molecule has 28 heavy (non-hydrogen) atoms. The van der Waals surface area contributed by atoms with E-state index in [0.717, 1.165) is 12.0 Å². The molecule has 1 amide bonds. The predicted octanol–water partition coefficient (Wildman–Crippen LogP) is 4.07. The second-order valence-electron chi connectivity index (χ2n) is 7.57. The van der Waals surface area contributed by atoms with Gasteiger partial charge in [0.2, 0.25) is 0 Å². The molecular weight excluding hydrogens is 354 g/mol. The van der Waals surface area contributed by atoms with Crippen LogP contribution in [0.5, 0.6) is 0 Å². The lowest BCUT2D eigenvalue weighted by Gasteiger charge is -2.29. The maximum Gasteiger partial charge on any atom is 0.255 e. The standard InChI is InChI=1S/C23H23NO4/c1-14-19(25)17-10-7-11-18(22(26)24-23(3)12-13-27-15(23)2)21(17)28-20(14)16-8-5-4-6-9-16/h4-11,15H,12-13H2,1-3H3,(H,24,26). The number of rotatable bonds is 3. The molecule has 2 heterocycles. The first-order valence-corrected chi connectivity index (χ1v) is 9.47. The Balaban J connectivity index is 1.85. The number of hydrogen-bond acceptors (Lipinski definition) is 4. The van der Waals surface area contributed by atoms with Crippen LogP contribution in [0.3, 0.4) is 0 Å². The Labute approximate surface area is 163 Å². The molecule has 144 valence electrons. The average Bonchev–Trinajstić information content (AvgIpc) is 3.02. The molecule has 0 aliphatic carbocycles. The predicted molar refractivity (Wildman–Crippen MR) is 109 cm³/mol. The van der Waals surface area contributed by atoms with Gasteiger partial charge in [-0.15, -0.1) is 0 Å². The Morgan fingerprint density at radius 1 is 1.14 bits per heavy atom. The normalized spacial score (nSPS) is 21.8. The van der Waals surface area contributed by atoms with E-state index in [9.17, 15) is 9.59 Å². The van der Waals surface area contributed by atoms with Gasteiger partial charge in [0.1, 0.15) is 5.76 Å². The van der Waals surface area contributed by atoms with E-state index in [1.807, 2.05) is 44.2 Å². The number of carbonyl (C=O) groups is 1. The zero-order chi connectivity index (χ0) is 19.9. The number of carbonyl (C=O) groups excluding carboxylic acids is 1. The molecule has 2 unspecified atom stereocenters. The van der Waals surface area contributed by atoms with E-state index in [2.05, 4.69) is 5.32 Å². The highest BCUT2D eigenvalue weighted by Gasteiger charge is 2.38. The minimum absolute atomic E-state index is 0.0828. The monoisotopic (exact) mass is 377 g/mol. The van der Waals surface area contributed by atoms with Crippen LogP contribution in [0.1, 0.15) is 36.2 Å². The summed E-state index contributed by atoms with van der Waals surface area (Å²) in [6, 6.07) is 14.6. The zero-order valence-corrected chi connectivity index (χ0v) is 16.2. The molecule has 0 radical (unpaired) electrons. The highest BCUT2D eigenvalue weighted by Crippen LogP contribution is 2.29. The van der Waals surface area contributed by atoms with Gasteiger partial charge in [0.15, 0.2) is 11.0 Å². The van der Waals surface area contributed by atoms with E-state index in [0.29, 0.717) is 34.5 Å². The molecule has 2 aromatic carbocycles. The summed E-state index contributed by atoms with van der Waals surface area (Å²) in [5.41, 5.74) is 1.42. The van der Waals surface area contributed by atoms with Gasteiger partial charge in [-0.25, -0.2) is 0 Å². The third-order valence-corrected chi connectivity index (χ3v) is 5.71. The van der Waals surface area contributed by atoms with Crippen LogP contribution < -0.4 is 10.7 Å². The highest BCUT2D eigenvalue weighted by atomic mass is 16.5. The van der Waals surface area contributed by atoms with Crippen molar-refractivity contribution in [1.82, 2.24) is 5.32 Å². The van der Waals surface area contributed by atoms with Crippen molar-refractivity contribution in [3.63, 3.8) is 0 Å². The van der Waals surface area contributed by atoms with Crippen LogP contribution in [0.15, 0.2) is 57.7 Å². The SMILES string of the molecule is Cc1c(-c2ccccc2)oc2c(C(=O)NC3(C)CCOC3C)cccc2c1=O. The Hall–Kier alpha value is -2.92. The summed E-state index contributed by atoms with van der Waals surface area (Å²) < 4.78 is 11.8. The zero-order valence-electron chi connectivity index (χ0n) is 16.2. The first kappa shape index (κ1) is 18.4. The number of amides is 1. The first-order chi connectivity index (χ1) is 13.4. The molecule has 3 aromatic rings. The summed E-state index contributed by atoms with van der Waals surface area (Å²) in [6.07, 6.45) is 0.656. The summed E-state index contributed by atoms with van der Waals surface area (Å²) in [7, 11) is 0. The van der Waals surface area contributed by atoms with Crippen LogP contribution in [0.2, 0.25) is 0 Å². The summed E-state index contributed by atoms with van der Waals surface area (Å²) in [6.45, 7) is 6.29. The summed E-state index contributed by atoms with van der Waals surface area (Å²) >= 11 is 0. The number of ether oxygens (including phenoxy) is 1. The van der Waals surface area contributed by atoms with Crippen LogP contribution in [0.4, 0.5) is 0 Å². The van der Waals surface area contributed by atoms with Gasteiger partial charge < -0.3 is 14.5 Å². The Morgan fingerprint density at radius 3 is 2.57 bits per heavy atom. The van der Waals surface area contributed by atoms with Gasteiger partial charge in [0.25, 0.3) is 5.91 Å². The lowest BCUT2D eigenvalue weighted by molar-refractivity contribution is 0.0728. The maximum absolute atomic E-state index is 13.1. The largest absolute Gasteiger partial charge is 0.455 e. The first-order valence-electron chi connectivity index (χ1n) is 9.47. The number of nitrogens with one attached hydrogen (secondary N) is 1. The van der Waals surface area contributed by atoms with E-state index in [4.69, 9.17) is 9.15 Å². The lowest BCUT2D eigenvalue weighted by atomic mass is 9.94.